The number of hydrogen-bond donors (Lipinski definition) is 1. The van der Waals surface area contributed by atoms with Gasteiger partial charge in [0, 0.05) is 44.7 Å². The predicted molar refractivity (Wildman–Crippen MR) is 117 cm³/mol. The van der Waals surface area contributed by atoms with E-state index in [-0.39, 0.29) is 11.8 Å². The molecule has 7 nitrogen and oxygen atoms in total. The van der Waals surface area contributed by atoms with Crippen LogP contribution < -0.4 is 10.1 Å². The van der Waals surface area contributed by atoms with Crippen LogP contribution in [0.1, 0.15) is 41.4 Å². The molecule has 160 valence electrons. The first kappa shape index (κ1) is 20.6. The summed E-state index contributed by atoms with van der Waals surface area (Å²) in [5.41, 5.74) is 3.37. The molecule has 3 heterocycles. The van der Waals surface area contributed by atoms with Crippen molar-refractivity contribution < 1.29 is 9.53 Å². The van der Waals surface area contributed by atoms with Crippen LogP contribution in [0.5, 0.6) is 5.75 Å². The molecule has 1 fully saturated rings. The second kappa shape index (κ2) is 9.00. The van der Waals surface area contributed by atoms with E-state index in [1.54, 1.807) is 7.11 Å². The molecule has 0 radical (unpaired) electrons. The van der Waals surface area contributed by atoms with Crippen molar-refractivity contribution in [2.45, 2.75) is 38.1 Å². The maximum atomic E-state index is 12.9. The van der Waals surface area contributed by atoms with E-state index in [1.165, 1.54) is 5.56 Å². The van der Waals surface area contributed by atoms with Crippen molar-refractivity contribution in [2.24, 2.45) is 0 Å². The summed E-state index contributed by atoms with van der Waals surface area (Å²) in [6.45, 7) is 3.37. The summed E-state index contributed by atoms with van der Waals surface area (Å²) in [5, 5.41) is 3.26. The van der Waals surface area contributed by atoms with Crippen LogP contribution in [0, 0.1) is 0 Å². The second-order valence-corrected chi connectivity index (χ2v) is 8.30. The zero-order valence-electron chi connectivity index (χ0n) is 18.1. The number of likely N-dealkylation sites (N-methyl/N-ethyl adjacent to an activating group) is 1. The normalized spacial score (nSPS) is 19.3. The number of ether oxygens (including phenoxy) is 1. The molecule has 30 heavy (non-hydrogen) atoms. The highest BCUT2D eigenvalue weighted by molar-refractivity contribution is 5.79. The molecule has 1 atom stereocenters. The Balaban J connectivity index is 1.48. The van der Waals surface area contributed by atoms with Crippen molar-refractivity contribution in [1.82, 2.24) is 19.8 Å². The van der Waals surface area contributed by atoms with Crippen molar-refractivity contribution in [3.8, 4) is 5.75 Å². The second-order valence-electron chi connectivity index (χ2n) is 8.30. The fraction of sp³-hybridized carbons (Fsp3) is 0.522. The molecule has 1 amide bonds. The Labute approximate surface area is 178 Å². The van der Waals surface area contributed by atoms with E-state index < -0.39 is 0 Å². The van der Waals surface area contributed by atoms with Crippen LogP contribution >= 0.6 is 0 Å². The Kier molecular flexibility index (Phi) is 6.18. The molecule has 4 rings (SSSR count). The van der Waals surface area contributed by atoms with Crippen molar-refractivity contribution in [1.29, 1.82) is 0 Å². The third-order valence-corrected chi connectivity index (χ3v) is 6.16. The van der Waals surface area contributed by atoms with Gasteiger partial charge >= 0.3 is 0 Å². The minimum atomic E-state index is 0.163. The van der Waals surface area contributed by atoms with E-state index in [0.29, 0.717) is 13.0 Å². The number of nitrogens with zero attached hydrogens (tertiary/aromatic N) is 4. The lowest BCUT2D eigenvalue weighted by Crippen LogP contribution is -2.40. The summed E-state index contributed by atoms with van der Waals surface area (Å²) in [6.07, 6.45) is 3.38. The van der Waals surface area contributed by atoms with Gasteiger partial charge in [-0.2, -0.15) is 0 Å². The molecule has 0 unspecified atom stereocenters. The van der Waals surface area contributed by atoms with E-state index in [4.69, 9.17) is 14.7 Å². The van der Waals surface area contributed by atoms with Crippen LogP contribution in [0.4, 0.5) is 5.82 Å². The first-order valence-corrected chi connectivity index (χ1v) is 10.7. The highest BCUT2D eigenvalue weighted by atomic mass is 16.5. The Morgan fingerprint density at radius 2 is 2.03 bits per heavy atom. The van der Waals surface area contributed by atoms with Crippen molar-refractivity contribution in [3.05, 3.63) is 46.9 Å². The summed E-state index contributed by atoms with van der Waals surface area (Å²) in [6, 6.07) is 7.72. The molecule has 1 saturated heterocycles. The summed E-state index contributed by atoms with van der Waals surface area (Å²) >= 11 is 0. The number of methoxy groups -OCH3 is 1. The van der Waals surface area contributed by atoms with Crippen LogP contribution in [0.15, 0.2) is 24.3 Å². The Morgan fingerprint density at radius 3 is 2.77 bits per heavy atom. The summed E-state index contributed by atoms with van der Waals surface area (Å²) in [4.78, 5) is 27.0. The van der Waals surface area contributed by atoms with E-state index in [2.05, 4.69) is 17.3 Å². The van der Waals surface area contributed by atoms with E-state index >= 15 is 0 Å². The average molecular weight is 410 g/mol. The molecule has 0 bridgehead atoms. The number of rotatable bonds is 5. The fourth-order valence-corrected chi connectivity index (χ4v) is 4.41. The van der Waals surface area contributed by atoms with Gasteiger partial charge in [0.1, 0.15) is 17.4 Å². The molecule has 0 saturated carbocycles. The standard InChI is InChI=1S/C23H31N5O2/c1-24-23-19-10-12-27(2)15-20(19)25-22(26-23)17-5-4-11-28(14-17)21(29)13-16-6-8-18(30-3)9-7-16/h6-9,17H,4-5,10-15H2,1-3H3,(H,24,25,26)/t17-/m0/s1. The molecule has 2 aliphatic heterocycles. The van der Waals surface area contributed by atoms with Gasteiger partial charge in [0.25, 0.3) is 0 Å². The monoisotopic (exact) mass is 409 g/mol. The SMILES string of the molecule is CNc1nc([C@H]2CCCN(C(=O)Cc3ccc(OC)cc3)C2)nc2c1CCN(C)C2. The van der Waals surface area contributed by atoms with Crippen LogP contribution in [0.3, 0.4) is 0 Å². The number of amides is 1. The van der Waals surface area contributed by atoms with Crippen molar-refractivity contribution >= 4 is 11.7 Å². The lowest BCUT2D eigenvalue weighted by Gasteiger charge is -2.33. The molecule has 1 aromatic heterocycles. The number of carbonyl (C=O) groups excluding carboxylic acids is 1. The van der Waals surface area contributed by atoms with E-state index in [0.717, 1.165) is 67.5 Å². The molecular formula is C23H31N5O2. The van der Waals surface area contributed by atoms with Crippen molar-refractivity contribution in [3.63, 3.8) is 0 Å². The zero-order chi connectivity index (χ0) is 21.1. The van der Waals surface area contributed by atoms with Gasteiger partial charge in [0.2, 0.25) is 5.91 Å². The number of benzene rings is 1. The first-order valence-electron chi connectivity index (χ1n) is 10.7. The summed E-state index contributed by atoms with van der Waals surface area (Å²) < 4.78 is 5.20. The van der Waals surface area contributed by atoms with Gasteiger partial charge in [-0.05, 0) is 44.0 Å². The molecule has 7 heteroatoms. The lowest BCUT2D eigenvalue weighted by molar-refractivity contribution is -0.131. The van der Waals surface area contributed by atoms with Gasteiger partial charge < -0.3 is 19.9 Å². The quantitative estimate of drug-likeness (QED) is 0.818. The smallest absolute Gasteiger partial charge is 0.227 e. The van der Waals surface area contributed by atoms with Crippen LogP contribution in [-0.4, -0.2) is 66.5 Å². The predicted octanol–water partition coefficient (Wildman–Crippen LogP) is 2.46. The minimum Gasteiger partial charge on any atom is -0.497 e. The van der Waals surface area contributed by atoms with Crippen LogP contribution in [0.25, 0.3) is 0 Å². The van der Waals surface area contributed by atoms with Gasteiger partial charge in [0.15, 0.2) is 0 Å². The minimum absolute atomic E-state index is 0.163. The third kappa shape index (κ3) is 4.41. The van der Waals surface area contributed by atoms with Crippen LogP contribution in [0.2, 0.25) is 0 Å². The largest absolute Gasteiger partial charge is 0.497 e. The van der Waals surface area contributed by atoms with E-state index in [1.807, 2.05) is 36.2 Å². The molecule has 0 aliphatic carbocycles. The maximum Gasteiger partial charge on any atom is 0.227 e. The summed E-state index contributed by atoms with van der Waals surface area (Å²) in [5.74, 6) is 2.97. The van der Waals surface area contributed by atoms with E-state index in [9.17, 15) is 4.79 Å². The lowest BCUT2D eigenvalue weighted by atomic mass is 9.95. The summed E-state index contributed by atoms with van der Waals surface area (Å²) in [7, 11) is 5.70. The highest BCUT2D eigenvalue weighted by Crippen LogP contribution is 2.29. The van der Waals surface area contributed by atoms with Crippen molar-refractivity contribution in [2.75, 3.05) is 46.2 Å². The molecule has 1 N–H and O–H groups in total. The number of aromatic nitrogens is 2. The topological polar surface area (TPSA) is 70.6 Å². The fourth-order valence-electron chi connectivity index (χ4n) is 4.41. The average Bonchev–Trinajstić information content (AvgIpc) is 2.78. The maximum absolute atomic E-state index is 12.9. The van der Waals surface area contributed by atoms with Gasteiger partial charge in [-0.1, -0.05) is 12.1 Å². The molecule has 2 aromatic rings. The number of carbonyl (C=O) groups is 1. The number of likely N-dealkylation sites (tertiary alicyclic amines) is 1. The molecule has 0 spiro atoms. The first-order chi connectivity index (χ1) is 14.6. The van der Waals surface area contributed by atoms with Gasteiger partial charge in [-0.3, -0.25) is 4.79 Å². The Morgan fingerprint density at radius 1 is 1.23 bits per heavy atom. The van der Waals surface area contributed by atoms with Gasteiger partial charge in [-0.15, -0.1) is 0 Å². The van der Waals surface area contributed by atoms with Crippen LogP contribution in [-0.2, 0) is 24.2 Å². The number of piperidine rings is 1. The number of hydrogen-bond acceptors (Lipinski definition) is 6. The number of anilines is 1. The van der Waals surface area contributed by atoms with Gasteiger partial charge in [0.05, 0.1) is 19.2 Å². The molecule has 1 aromatic carbocycles. The third-order valence-electron chi connectivity index (χ3n) is 6.16. The number of nitrogens with one attached hydrogen (secondary N) is 1. The molecule has 2 aliphatic rings. The van der Waals surface area contributed by atoms with Gasteiger partial charge in [-0.25, -0.2) is 9.97 Å². The Bertz CT molecular complexity index is 899. The Hall–Kier alpha value is -2.67. The number of fused-ring (bicyclic) bond motifs is 1. The zero-order valence-corrected chi connectivity index (χ0v) is 18.1. The highest BCUT2D eigenvalue weighted by Gasteiger charge is 2.29. The molecular weight excluding hydrogens is 378 g/mol.